The summed E-state index contributed by atoms with van der Waals surface area (Å²) in [5.41, 5.74) is 0. The van der Waals surface area contributed by atoms with Gasteiger partial charge in [0, 0.05) is 22.4 Å². The van der Waals surface area contributed by atoms with Gasteiger partial charge in [0.1, 0.15) is 0 Å². The molecule has 1 radical (unpaired) electrons. The molecule has 0 aromatic carbocycles. The van der Waals surface area contributed by atoms with Crippen LogP contribution in [-0.4, -0.2) is 14.7 Å². The molecule has 0 bridgehead atoms. The first kappa shape index (κ1) is 16.5. The van der Waals surface area contributed by atoms with Gasteiger partial charge in [-0.3, -0.25) is 0 Å². The minimum atomic E-state index is -4.64. The molecule has 0 fully saturated rings. The van der Waals surface area contributed by atoms with Gasteiger partial charge in [0.2, 0.25) is 0 Å². The van der Waals surface area contributed by atoms with E-state index >= 15 is 0 Å². The number of halogens is 1. The fraction of sp³-hybridized carbons (Fsp3) is 0. The fourth-order valence-electron chi connectivity index (χ4n) is 0. The second-order valence-corrected chi connectivity index (χ2v) is 1.54. The van der Waals surface area contributed by atoms with Crippen molar-refractivity contribution >= 4 is 17.0 Å². The van der Waals surface area contributed by atoms with Gasteiger partial charge in [-0.05, 0) is 0 Å². The van der Waals surface area contributed by atoms with Crippen LogP contribution in [0.3, 0.4) is 0 Å². The van der Waals surface area contributed by atoms with Gasteiger partial charge in [0.25, 0.3) is 0 Å². The van der Waals surface area contributed by atoms with E-state index in [1.165, 1.54) is 0 Å². The van der Waals surface area contributed by atoms with Crippen LogP contribution < -0.4 is 0 Å². The third-order valence-electron chi connectivity index (χ3n) is 0. The molecule has 0 aromatic heterocycles. The van der Waals surface area contributed by atoms with Gasteiger partial charge < -0.3 is 14.7 Å². The Kier molecular flexibility index (Phi) is 18.3. The summed E-state index contributed by atoms with van der Waals surface area (Å²) in [6.07, 6.45) is 0. The van der Waals surface area contributed by atoms with E-state index in [0.29, 0.717) is 0 Å². The Labute approximate surface area is 78.1 Å². The summed E-state index contributed by atoms with van der Waals surface area (Å²) in [6, 6.07) is 0. The fourth-order valence-corrected chi connectivity index (χ4v) is 0. The SMILES string of the molecule is O=P(O)(O)O.[Ag].[Cl][Ag]. The summed E-state index contributed by atoms with van der Waals surface area (Å²) in [5.74, 6) is 0. The van der Waals surface area contributed by atoms with E-state index in [2.05, 4.69) is 29.2 Å². The molecule has 0 saturated heterocycles. The molecule has 0 unspecified atom stereocenters. The molecule has 0 aliphatic heterocycles. The van der Waals surface area contributed by atoms with Crippen molar-refractivity contribution in [3.8, 4) is 0 Å². The average Bonchev–Trinajstić information content (AvgIpc) is 1.36. The van der Waals surface area contributed by atoms with Crippen molar-refractivity contribution in [3.63, 3.8) is 0 Å². The second-order valence-electron chi connectivity index (χ2n) is 0.513. The number of rotatable bonds is 0. The van der Waals surface area contributed by atoms with Crippen molar-refractivity contribution in [2.75, 3.05) is 0 Å². The van der Waals surface area contributed by atoms with Crippen LogP contribution in [0, 0.1) is 0 Å². The molecule has 0 heterocycles. The van der Waals surface area contributed by atoms with Crippen LogP contribution in [0.4, 0.5) is 0 Å². The monoisotopic (exact) mass is 347 g/mol. The molecule has 61 valence electrons. The third kappa shape index (κ3) is 105. The Morgan fingerprint density at radius 2 is 1.25 bits per heavy atom. The van der Waals surface area contributed by atoms with E-state index in [9.17, 15) is 0 Å². The van der Waals surface area contributed by atoms with Gasteiger partial charge in [-0.2, -0.15) is 0 Å². The third-order valence-corrected chi connectivity index (χ3v) is 0. The molecule has 0 aromatic rings. The first-order chi connectivity index (χ1) is 3.00. The zero-order chi connectivity index (χ0) is 6.50. The molecular formula is H3Ag2ClO4P. The normalized spacial score (nSPS) is 8.25. The van der Waals surface area contributed by atoms with Crippen LogP contribution in [0.2, 0.25) is 0 Å². The summed E-state index contributed by atoms with van der Waals surface area (Å²) < 4.78 is 8.88. The van der Waals surface area contributed by atoms with E-state index < -0.39 is 7.82 Å². The second kappa shape index (κ2) is 8.88. The summed E-state index contributed by atoms with van der Waals surface area (Å²) in [4.78, 5) is 21.6. The number of phosphoric acid groups is 1. The quantitative estimate of drug-likeness (QED) is 0.417. The summed E-state index contributed by atoms with van der Waals surface area (Å²) >= 11 is 2.42. The van der Waals surface area contributed by atoms with Gasteiger partial charge in [0.15, 0.2) is 0 Å². The van der Waals surface area contributed by atoms with Gasteiger partial charge in [0.05, 0.1) is 0 Å². The average molecular weight is 349 g/mol. The zero-order valence-electron chi connectivity index (χ0n) is 3.18. The molecule has 0 spiro atoms. The summed E-state index contributed by atoms with van der Waals surface area (Å²) in [5, 5.41) is 0. The summed E-state index contributed by atoms with van der Waals surface area (Å²) in [6.45, 7) is 0. The zero-order valence-corrected chi connectivity index (χ0v) is 7.79. The van der Waals surface area contributed by atoms with Crippen molar-refractivity contribution in [2.45, 2.75) is 0 Å². The molecule has 0 rings (SSSR count). The summed E-state index contributed by atoms with van der Waals surface area (Å²) in [7, 11) is -0.190. The Hall–Kier alpha value is 1.88. The predicted molar refractivity (Wildman–Crippen MR) is 20.1 cm³/mol. The van der Waals surface area contributed by atoms with Gasteiger partial charge in [-0.25, -0.2) is 4.57 Å². The van der Waals surface area contributed by atoms with Crippen LogP contribution >= 0.6 is 17.0 Å². The van der Waals surface area contributed by atoms with Crippen molar-refractivity contribution in [2.24, 2.45) is 0 Å². The number of hydrogen-bond acceptors (Lipinski definition) is 1. The predicted octanol–water partition coefficient (Wildman–Crippen LogP) is -0.244. The van der Waals surface area contributed by atoms with Crippen LogP contribution in [-0.2, 0) is 46.9 Å². The Morgan fingerprint density at radius 1 is 1.25 bits per heavy atom. The molecule has 3 N–H and O–H groups in total. The molecule has 0 atom stereocenters. The van der Waals surface area contributed by atoms with E-state index in [1.54, 1.807) is 0 Å². The van der Waals surface area contributed by atoms with E-state index in [0.717, 1.165) is 0 Å². The first-order valence-corrected chi connectivity index (χ1v) is 4.37. The topological polar surface area (TPSA) is 77.8 Å². The van der Waals surface area contributed by atoms with Gasteiger partial charge in [-0.15, -0.1) is 0 Å². The Balaban J connectivity index is -0.0000000750. The van der Waals surface area contributed by atoms with Crippen LogP contribution in [0.1, 0.15) is 0 Å². The molecule has 0 saturated carbocycles. The van der Waals surface area contributed by atoms with Gasteiger partial charge in [-0.1, -0.05) is 0 Å². The maximum absolute atomic E-state index is 8.88. The van der Waals surface area contributed by atoms with Crippen molar-refractivity contribution in [1.82, 2.24) is 0 Å². The first-order valence-electron chi connectivity index (χ1n) is 0.897. The molecule has 4 nitrogen and oxygen atoms in total. The molecule has 0 aliphatic rings. The van der Waals surface area contributed by atoms with E-state index in [-0.39, 0.29) is 22.4 Å². The van der Waals surface area contributed by atoms with Crippen LogP contribution in [0.5, 0.6) is 0 Å². The number of hydrogen-bond donors (Lipinski definition) is 3. The molecule has 0 aliphatic carbocycles. The molecule has 0 amide bonds. The van der Waals surface area contributed by atoms with Crippen molar-refractivity contribution in [3.05, 3.63) is 0 Å². The minimum absolute atomic E-state index is 0. The van der Waals surface area contributed by atoms with Crippen molar-refractivity contribution < 1.29 is 61.6 Å². The Morgan fingerprint density at radius 3 is 1.25 bits per heavy atom. The van der Waals surface area contributed by atoms with Gasteiger partial charge >= 0.3 is 37.0 Å². The van der Waals surface area contributed by atoms with E-state index in [1.807, 2.05) is 0 Å². The Bertz CT molecular complexity index is 60.2. The molecular weight excluding hydrogens is 346 g/mol. The molecule has 8 heteroatoms. The van der Waals surface area contributed by atoms with E-state index in [4.69, 9.17) is 19.2 Å². The molecule has 8 heavy (non-hydrogen) atoms. The van der Waals surface area contributed by atoms with Crippen LogP contribution in [0.25, 0.3) is 0 Å². The standard InChI is InChI=1S/2Ag.ClH.H3O4P/c;;;1-5(2,3)4/h;;1H;(H3,1,2,3,4)/q;+1;;/p-1. The van der Waals surface area contributed by atoms with Crippen LogP contribution in [0.15, 0.2) is 0 Å². The maximum atomic E-state index is 8.88. The van der Waals surface area contributed by atoms with Crippen molar-refractivity contribution in [1.29, 1.82) is 0 Å².